The summed E-state index contributed by atoms with van der Waals surface area (Å²) < 4.78 is 0. The van der Waals surface area contributed by atoms with Crippen LogP contribution in [0.15, 0.2) is 18.5 Å². The predicted molar refractivity (Wildman–Crippen MR) is 71.9 cm³/mol. The third kappa shape index (κ3) is 3.81. The summed E-state index contributed by atoms with van der Waals surface area (Å²) in [5, 5.41) is 3.71. The summed E-state index contributed by atoms with van der Waals surface area (Å²) in [5.74, 6) is 0.921. The van der Waals surface area contributed by atoms with E-state index in [1.807, 2.05) is 12.4 Å². The van der Waals surface area contributed by atoms with Gasteiger partial charge in [0.1, 0.15) is 0 Å². The zero-order valence-electron chi connectivity index (χ0n) is 11.1. The molecule has 1 fully saturated rings. The van der Waals surface area contributed by atoms with Crippen molar-refractivity contribution in [1.82, 2.24) is 10.3 Å². The van der Waals surface area contributed by atoms with Crippen LogP contribution in [0.2, 0.25) is 0 Å². The van der Waals surface area contributed by atoms with Gasteiger partial charge in [0.2, 0.25) is 0 Å². The summed E-state index contributed by atoms with van der Waals surface area (Å²) in [7, 11) is 0. The Labute approximate surface area is 105 Å². The zero-order chi connectivity index (χ0) is 12.1. The molecule has 1 N–H and O–H groups in total. The highest BCUT2D eigenvalue weighted by molar-refractivity contribution is 5.21. The Hall–Kier alpha value is -0.890. The highest BCUT2D eigenvalue weighted by Crippen LogP contribution is 2.22. The fraction of sp³-hybridized carbons (Fsp3) is 0.667. The summed E-state index contributed by atoms with van der Waals surface area (Å²) in [6.07, 6.45) is 10.7. The molecule has 1 aromatic rings. The van der Waals surface area contributed by atoms with Crippen LogP contribution in [0.3, 0.4) is 0 Å². The molecule has 1 saturated carbocycles. The fourth-order valence-corrected chi connectivity index (χ4v) is 2.65. The molecule has 0 spiro atoms. The van der Waals surface area contributed by atoms with Gasteiger partial charge >= 0.3 is 0 Å². The number of aryl methyl sites for hydroxylation is 1. The molecule has 1 aliphatic carbocycles. The number of aromatic nitrogens is 1. The summed E-state index contributed by atoms with van der Waals surface area (Å²) in [6.45, 7) is 5.52. The Bertz CT molecular complexity index is 349. The largest absolute Gasteiger partial charge is 0.310 e. The second-order valence-electron chi connectivity index (χ2n) is 5.49. The molecule has 2 atom stereocenters. The van der Waals surface area contributed by atoms with Crippen molar-refractivity contribution in [3.05, 3.63) is 29.6 Å². The lowest BCUT2D eigenvalue weighted by atomic mass is 10.0. The molecule has 94 valence electrons. The molecule has 0 saturated heterocycles. The number of hydrogen-bond acceptors (Lipinski definition) is 2. The third-order valence-electron chi connectivity index (χ3n) is 3.98. The standard InChI is InChI=1S/C15H24N2/c1-12-4-3-5-15(7-6-12)17-11-14-8-9-16-10-13(14)2/h8-10,12,15,17H,3-7,11H2,1-2H3. The van der Waals surface area contributed by atoms with E-state index in [1.165, 1.54) is 43.2 Å². The average molecular weight is 232 g/mol. The average Bonchev–Trinajstić information content (AvgIpc) is 2.53. The van der Waals surface area contributed by atoms with Gasteiger partial charge in [-0.25, -0.2) is 0 Å². The van der Waals surface area contributed by atoms with E-state index in [0.717, 1.165) is 12.5 Å². The number of nitrogens with one attached hydrogen (secondary N) is 1. The van der Waals surface area contributed by atoms with E-state index in [4.69, 9.17) is 0 Å². The molecule has 2 heteroatoms. The lowest BCUT2D eigenvalue weighted by Gasteiger charge is -2.17. The molecule has 0 bridgehead atoms. The van der Waals surface area contributed by atoms with Gasteiger partial charge in [0.15, 0.2) is 0 Å². The maximum atomic E-state index is 4.14. The van der Waals surface area contributed by atoms with E-state index >= 15 is 0 Å². The number of nitrogens with zero attached hydrogens (tertiary/aromatic N) is 1. The maximum absolute atomic E-state index is 4.14. The smallest absolute Gasteiger partial charge is 0.0300 e. The zero-order valence-corrected chi connectivity index (χ0v) is 11.1. The molecule has 1 heterocycles. The van der Waals surface area contributed by atoms with Crippen LogP contribution in [0.25, 0.3) is 0 Å². The van der Waals surface area contributed by atoms with E-state index in [-0.39, 0.29) is 0 Å². The van der Waals surface area contributed by atoms with E-state index in [9.17, 15) is 0 Å². The summed E-state index contributed by atoms with van der Waals surface area (Å²) in [6, 6.07) is 2.84. The molecule has 0 aromatic carbocycles. The highest BCUT2D eigenvalue weighted by Gasteiger charge is 2.15. The molecule has 2 unspecified atom stereocenters. The topological polar surface area (TPSA) is 24.9 Å². The van der Waals surface area contributed by atoms with Gasteiger partial charge in [0, 0.05) is 25.0 Å². The quantitative estimate of drug-likeness (QED) is 0.807. The Balaban J connectivity index is 1.83. The first-order valence-corrected chi connectivity index (χ1v) is 6.88. The summed E-state index contributed by atoms with van der Waals surface area (Å²) in [5.41, 5.74) is 2.68. The Morgan fingerprint density at radius 3 is 3.00 bits per heavy atom. The van der Waals surface area contributed by atoms with Crippen molar-refractivity contribution in [3.8, 4) is 0 Å². The van der Waals surface area contributed by atoms with Gasteiger partial charge in [-0.1, -0.05) is 19.8 Å². The van der Waals surface area contributed by atoms with Gasteiger partial charge in [0.25, 0.3) is 0 Å². The van der Waals surface area contributed by atoms with Gasteiger partial charge in [-0.15, -0.1) is 0 Å². The molecule has 0 radical (unpaired) electrons. The highest BCUT2D eigenvalue weighted by atomic mass is 14.9. The molecular weight excluding hydrogens is 208 g/mol. The molecule has 17 heavy (non-hydrogen) atoms. The van der Waals surface area contributed by atoms with Crippen molar-refractivity contribution < 1.29 is 0 Å². The molecule has 1 aliphatic rings. The van der Waals surface area contributed by atoms with Crippen molar-refractivity contribution in [1.29, 1.82) is 0 Å². The Morgan fingerprint density at radius 2 is 2.18 bits per heavy atom. The van der Waals surface area contributed by atoms with Crippen LogP contribution in [0, 0.1) is 12.8 Å². The van der Waals surface area contributed by atoms with Gasteiger partial charge < -0.3 is 5.32 Å². The molecule has 0 aliphatic heterocycles. The summed E-state index contributed by atoms with van der Waals surface area (Å²) in [4.78, 5) is 4.14. The lowest BCUT2D eigenvalue weighted by molar-refractivity contribution is 0.447. The first-order chi connectivity index (χ1) is 8.25. The minimum Gasteiger partial charge on any atom is -0.310 e. The van der Waals surface area contributed by atoms with Crippen LogP contribution in [-0.4, -0.2) is 11.0 Å². The van der Waals surface area contributed by atoms with Crippen molar-refractivity contribution in [2.24, 2.45) is 5.92 Å². The minimum atomic E-state index is 0.715. The Morgan fingerprint density at radius 1 is 1.29 bits per heavy atom. The Kier molecular flexibility index (Phi) is 4.55. The third-order valence-corrected chi connectivity index (χ3v) is 3.98. The monoisotopic (exact) mass is 232 g/mol. The predicted octanol–water partition coefficient (Wildman–Crippen LogP) is 3.45. The van der Waals surface area contributed by atoms with Gasteiger partial charge in [0.05, 0.1) is 0 Å². The molecule has 1 aromatic heterocycles. The van der Waals surface area contributed by atoms with E-state index in [1.54, 1.807) is 0 Å². The SMILES string of the molecule is Cc1cnccc1CNC1CCCC(C)CC1. The number of hydrogen-bond donors (Lipinski definition) is 1. The van der Waals surface area contributed by atoms with Crippen molar-refractivity contribution in [2.45, 2.75) is 58.5 Å². The van der Waals surface area contributed by atoms with Gasteiger partial charge in [-0.05, 0) is 49.3 Å². The van der Waals surface area contributed by atoms with Crippen LogP contribution in [0.4, 0.5) is 0 Å². The first-order valence-electron chi connectivity index (χ1n) is 6.88. The van der Waals surface area contributed by atoms with Gasteiger partial charge in [-0.3, -0.25) is 4.98 Å². The lowest BCUT2D eigenvalue weighted by Crippen LogP contribution is -2.28. The fourth-order valence-electron chi connectivity index (χ4n) is 2.65. The number of pyridine rings is 1. The summed E-state index contributed by atoms with van der Waals surface area (Å²) >= 11 is 0. The van der Waals surface area contributed by atoms with Crippen molar-refractivity contribution in [3.63, 3.8) is 0 Å². The van der Waals surface area contributed by atoms with E-state index in [0.29, 0.717) is 6.04 Å². The maximum Gasteiger partial charge on any atom is 0.0300 e. The van der Waals surface area contributed by atoms with Crippen molar-refractivity contribution in [2.75, 3.05) is 0 Å². The van der Waals surface area contributed by atoms with Crippen LogP contribution in [0.5, 0.6) is 0 Å². The molecule has 2 nitrogen and oxygen atoms in total. The van der Waals surface area contributed by atoms with E-state index in [2.05, 4.69) is 30.2 Å². The van der Waals surface area contributed by atoms with Crippen LogP contribution < -0.4 is 5.32 Å². The molecule has 2 rings (SSSR count). The van der Waals surface area contributed by atoms with Crippen LogP contribution in [0.1, 0.15) is 50.2 Å². The van der Waals surface area contributed by atoms with Gasteiger partial charge in [-0.2, -0.15) is 0 Å². The van der Waals surface area contributed by atoms with Crippen LogP contribution in [-0.2, 0) is 6.54 Å². The van der Waals surface area contributed by atoms with Crippen LogP contribution >= 0.6 is 0 Å². The van der Waals surface area contributed by atoms with E-state index < -0.39 is 0 Å². The van der Waals surface area contributed by atoms with Crippen molar-refractivity contribution >= 4 is 0 Å². The first kappa shape index (κ1) is 12.6. The normalized spacial score (nSPS) is 25.5. The molecular formula is C15H24N2. The molecule has 0 amide bonds. The number of rotatable bonds is 3. The second-order valence-corrected chi connectivity index (χ2v) is 5.49. The second kappa shape index (κ2) is 6.15. The minimum absolute atomic E-state index is 0.715.